The van der Waals surface area contributed by atoms with Gasteiger partial charge in [-0.25, -0.2) is 0 Å². The molecule has 0 spiro atoms. The molecule has 1 aliphatic carbocycles. The van der Waals surface area contributed by atoms with Crippen LogP contribution in [0.25, 0.3) is 0 Å². The van der Waals surface area contributed by atoms with Gasteiger partial charge in [0.1, 0.15) is 12.4 Å². The molecule has 1 heterocycles. The first kappa shape index (κ1) is 21.8. The molecule has 166 valence electrons. The first-order valence-corrected chi connectivity index (χ1v) is 11.2. The summed E-state index contributed by atoms with van der Waals surface area (Å²) in [5.74, 6) is 0.682. The fourth-order valence-electron chi connectivity index (χ4n) is 5.09. The maximum Gasteiger partial charge on any atom is 0.255 e. The maximum atomic E-state index is 12.8. The monoisotopic (exact) mass is 422 g/mol. The van der Waals surface area contributed by atoms with E-state index < -0.39 is 0 Å². The number of ether oxygens (including phenoxy) is 2. The molecule has 0 saturated carbocycles. The van der Waals surface area contributed by atoms with Gasteiger partial charge >= 0.3 is 0 Å². The van der Waals surface area contributed by atoms with Gasteiger partial charge in [0.2, 0.25) is 0 Å². The number of morpholine rings is 1. The van der Waals surface area contributed by atoms with Gasteiger partial charge in [-0.1, -0.05) is 33.8 Å². The standard InChI is InChI=1S/C26H34N2O3/c1-25(2)18-26(3,4)23-17-20(7-10-22(23)25)27-24(29)19-5-8-21(9-6-19)31-16-13-28-11-14-30-15-12-28/h5-10,17H,11-16,18H2,1-4H3,(H,27,29). The molecule has 2 aromatic carbocycles. The van der Waals surface area contributed by atoms with E-state index in [1.165, 1.54) is 11.1 Å². The van der Waals surface area contributed by atoms with Crippen molar-refractivity contribution >= 4 is 11.6 Å². The molecule has 0 atom stereocenters. The van der Waals surface area contributed by atoms with E-state index in [1.807, 2.05) is 30.3 Å². The van der Waals surface area contributed by atoms with Crippen LogP contribution in [0.2, 0.25) is 0 Å². The van der Waals surface area contributed by atoms with Gasteiger partial charge in [-0.15, -0.1) is 0 Å². The van der Waals surface area contributed by atoms with Gasteiger partial charge in [-0.05, 0) is 64.8 Å². The number of carbonyl (C=O) groups is 1. The molecule has 1 aliphatic heterocycles. The molecule has 1 N–H and O–H groups in total. The minimum atomic E-state index is -0.102. The summed E-state index contributed by atoms with van der Waals surface area (Å²) in [6.45, 7) is 14.2. The zero-order valence-electron chi connectivity index (χ0n) is 19.2. The normalized spacial score (nSPS) is 19.6. The number of rotatable bonds is 6. The molecule has 2 aliphatic rings. The Morgan fingerprint density at radius 2 is 1.68 bits per heavy atom. The van der Waals surface area contributed by atoms with Gasteiger partial charge in [0.05, 0.1) is 13.2 Å². The zero-order valence-corrected chi connectivity index (χ0v) is 19.2. The fourth-order valence-corrected chi connectivity index (χ4v) is 5.09. The van der Waals surface area contributed by atoms with E-state index in [1.54, 1.807) is 0 Å². The van der Waals surface area contributed by atoms with Crippen LogP contribution in [0, 0.1) is 0 Å². The average Bonchev–Trinajstić information content (AvgIpc) is 2.92. The minimum absolute atomic E-state index is 0.102. The summed E-state index contributed by atoms with van der Waals surface area (Å²) in [7, 11) is 0. The third-order valence-corrected chi connectivity index (χ3v) is 6.52. The lowest BCUT2D eigenvalue weighted by Gasteiger charge is -2.26. The Balaban J connectivity index is 1.35. The first-order valence-electron chi connectivity index (χ1n) is 11.2. The van der Waals surface area contributed by atoms with Crippen molar-refractivity contribution < 1.29 is 14.3 Å². The van der Waals surface area contributed by atoms with Gasteiger partial charge < -0.3 is 14.8 Å². The Bertz CT molecular complexity index is 928. The molecule has 5 nitrogen and oxygen atoms in total. The van der Waals surface area contributed by atoms with Gasteiger partial charge in [-0.3, -0.25) is 9.69 Å². The van der Waals surface area contributed by atoms with Gasteiger partial charge in [0, 0.05) is 30.9 Å². The van der Waals surface area contributed by atoms with Crippen LogP contribution in [0.3, 0.4) is 0 Å². The van der Waals surface area contributed by atoms with Crippen LogP contribution in [0.4, 0.5) is 5.69 Å². The van der Waals surface area contributed by atoms with E-state index >= 15 is 0 Å². The molecule has 0 bridgehead atoms. The Kier molecular flexibility index (Phi) is 6.09. The highest BCUT2D eigenvalue weighted by atomic mass is 16.5. The third-order valence-electron chi connectivity index (χ3n) is 6.52. The number of hydrogen-bond acceptors (Lipinski definition) is 4. The van der Waals surface area contributed by atoms with E-state index in [2.05, 4.69) is 50.0 Å². The zero-order chi connectivity index (χ0) is 22.1. The topological polar surface area (TPSA) is 50.8 Å². The summed E-state index contributed by atoms with van der Waals surface area (Å²) in [4.78, 5) is 15.1. The molecule has 0 unspecified atom stereocenters. The second-order valence-electron chi connectivity index (χ2n) is 9.99. The van der Waals surface area contributed by atoms with Gasteiger partial charge in [0.15, 0.2) is 0 Å². The number of nitrogens with one attached hydrogen (secondary N) is 1. The summed E-state index contributed by atoms with van der Waals surface area (Å²) in [5.41, 5.74) is 4.47. The largest absolute Gasteiger partial charge is 0.492 e. The Morgan fingerprint density at radius 3 is 2.39 bits per heavy atom. The molecule has 4 rings (SSSR count). The lowest BCUT2D eigenvalue weighted by atomic mass is 9.82. The number of carbonyl (C=O) groups excluding carboxylic acids is 1. The summed E-state index contributed by atoms with van der Waals surface area (Å²) in [6, 6.07) is 13.7. The number of amides is 1. The maximum absolute atomic E-state index is 12.8. The van der Waals surface area contributed by atoms with Crippen molar-refractivity contribution in [3.8, 4) is 5.75 Å². The van der Waals surface area contributed by atoms with Crippen LogP contribution in [-0.4, -0.2) is 50.3 Å². The SMILES string of the molecule is CC1(C)CC(C)(C)c2cc(NC(=O)c3ccc(OCCN4CCOCC4)cc3)ccc21. The fraction of sp³-hybridized carbons (Fsp3) is 0.500. The van der Waals surface area contributed by atoms with E-state index in [-0.39, 0.29) is 16.7 Å². The number of fused-ring (bicyclic) bond motifs is 1. The predicted octanol–water partition coefficient (Wildman–Crippen LogP) is 4.61. The molecular formula is C26H34N2O3. The van der Waals surface area contributed by atoms with Crippen LogP contribution in [-0.2, 0) is 15.6 Å². The molecule has 1 amide bonds. The van der Waals surface area contributed by atoms with Crippen molar-refractivity contribution in [2.45, 2.75) is 44.9 Å². The van der Waals surface area contributed by atoms with Crippen LogP contribution in [0.15, 0.2) is 42.5 Å². The van der Waals surface area contributed by atoms with Crippen LogP contribution in [0.5, 0.6) is 5.75 Å². The van der Waals surface area contributed by atoms with Gasteiger partial charge in [0.25, 0.3) is 5.91 Å². The Labute approximate surface area is 185 Å². The second kappa shape index (κ2) is 8.64. The van der Waals surface area contributed by atoms with Crippen molar-refractivity contribution in [2.75, 3.05) is 44.8 Å². The highest BCUT2D eigenvalue weighted by molar-refractivity contribution is 6.04. The molecule has 0 aromatic heterocycles. The number of nitrogens with zero attached hydrogens (tertiary/aromatic N) is 1. The Morgan fingerprint density at radius 1 is 1.00 bits per heavy atom. The van der Waals surface area contributed by atoms with E-state index in [0.29, 0.717) is 12.2 Å². The number of benzene rings is 2. The van der Waals surface area contributed by atoms with Crippen molar-refractivity contribution in [3.63, 3.8) is 0 Å². The summed E-state index contributed by atoms with van der Waals surface area (Å²) in [6.07, 6.45) is 1.11. The molecule has 1 fully saturated rings. The molecule has 1 saturated heterocycles. The average molecular weight is 423 g/mol. The minimum Gasteiger partial charge on any atom is -0.492 e. The highest BCUT2D eigenvalue weighted by Gasteiger charge is 2.41. The van der Waals surface area contributed by atoms with Crippen molar-refractivity contribution in [2.24, 2.45) is 0 Å². The molecule has 31 heavy (non-hydrogen) atoms. The lowest BCUT2D eigenvalue weighted by Crippen LogP contribution is -2.38. The molecule has 2 aromatic rings. The summed E-state index contributed by atoms with van der Waals surface area (Å²) in [5, 5.41) is 3.06. The molecule has 0 radical (unpaired) electrons. The van der Waals surface area contributed by atoms with E-state index in [9.17, 15) is 4.79 Å². The summed E-state index contributed by atoms with van der Waals surface area (Å²) >= 11 is 0. The second-order valence-corrected chi connectivity index (χ2v) is 9.99. The van der Waals surface area contributed by atoms with Gasteiger partial charge in [-0.2, -0.15) is 0 Å². The lowest BCUT2D eigenvalue weighted by molar-refractivity contribution is 0.0322. The highest BCUT2D eigenvalue weighted by Crippen LogP contribution is 2.49. The van der Waals surface area contributed by atoms with Crippen molar-refractivity contribution in [1.29, 1.82) is 0 Å². The van der Waals surface area contributed by atoms with Crippen LogP contribution >= 0.6 is 0 Å². The van der Waals surface area contributed by atoms with Crippen LogP contribution < -0.4 is 10.1 Å². The number of anilines is 1. The smallest absolute Gasteiger partial charge is 0.255 e. The predicted molar refractivity (Wildman–Crippen MR) is 124 cm³/mol. The van der Waals surface area contributed by atoms with Crippen molar-refractivity contribution in [1.82, 2.24) is 4.90 Å². The van der Waals surface area contributed by atoms with Crippen LogP contribution in [0.1, 0.15) is 55.6 Å². The van der Waals surface area contributed by atoms with E-state index in [4.69, 9.17) is 9.47 Å². The Hall–Kier alpha value is -2.37. The van der Waals surface area contributed by atoms with Crippen molar-refractivity contribution in [3.05, 3.63) is 59.2 Å². The summed E-state index contributed by atoms with van der Waals surface area (Å²) < 4.78 is 11.2. The number of hydrogen-bond donors (Lipinski definition) is 1. The molecule has 5 heteroatoms. The molecular weight excluding hydrogens is 388 g/mol. The van der Waals surface area contributed by atoms with E-state index in [0.717, 1.165) is 50.7 Å². The first-order chi connectivity index (χ1) is 14.7. The third kappa shape index (κ3) is 4.94. The quantitative estimate of drug-likeness (QED) is 0.739.